The van der Waals surface area contributed by atoms with Gasteiger partial charge in [0.05, 0.1) is 0 Å². The van der Waals surface area contributed by atoms with Crippen LogP contribution in [0.25, 0.3) is 0 Å². The molecule has 0 spiro atoms. The summed E-state index contributed by atoms with van der Waals surface area (Å²) in [6, 6.07) is 0. The van der Waals surface area contributed by atoms with E-state index < -0.39 is 35.1 Å². The van der Waals surface area contributed by atoms with E-state index in [2.05, 4.69) is 0 Å². The Hall–Kier alpha value is -2.23. The van der Waals surface area contributed by atoms with Gasteiger partial charge in [-0.1, -0.05) is 12.8 Å². The zero-order valence-corrected chi connectivity index (χ0v) is 25.0. The normalized spacial score (nSPS) is 12.1. The van der Waals surface area contributed by atoms with E-state index in [0.717, 1.165) is 25.7 Å². The van der Waals surface area contributed by atoms with Crippen LogP contribution in [0, 0.1) is 0 Å². The maximum Gasteiger partial charge on any atom is 0.410 e. The van der Waals surface area contributed by atoms with Crippen LogP contribution in [0.2, 0.25) is 0 Å². The Balaban J connectivity index is 5.49. The summed E-state index contributed by atoms with van der Waals surface area (Å²) in [5.74, 6) is 0. The zero-order valence-electron chi connectivity index (χ0n) is 25.0. The third kappa shape index (κ3) is 17.8. The SMILES string of the molecule is CCN(CCN(CCN(CCCCCCO)C(=O)OC(C)(C)C)C(=O)OC(C)(C)C)C(=O)OC(C)(C)C. The molecule has 0 radical (unpaired) electrons. The van der Waals surface area contributed by atoms with Crippen molar-refractivity contribution in [3.05, 3.63) is 0 Å². The number of carbonyl (C=O) groups excluding carboxylic acids is 3. The minimum atomic E-state index is -0.692. The van der Waals surface area contributed by atoms with E-state index in [0.29, 0.717) is 13.1 Å². The molecule has 0 bridgehead atoms. The highest BCUT2D eigenvalue weighted by molar-refractivity contribution is 5.70. The lowest BCUT2D eigenvalue weighted by Gasteiger charge is -2.33. The molecule has 3 amide bonds. The second kappa shape index (κ2) is 15.9. The maximum atomic E-state index is 13.0. The molecular weight excluding hydrogens is 478 g/mol. The van der Waals surface area contributed by atoms with Crippen LogP contribution in [0.3, 0.4) is 0 Å². The fourth-order valence-electron chi connectivity index (χ4n) is 3.20. The fourth-order valence-corrected chi connectivity index (χ4v) is 3.20. The number of hydrogen-bond acceptors (Lipinski definition) is 7. The summed E-state index contributed by atoms with van der Waals surface area (Å²) in [4.78, 5) is 43.1. The minimum Gasteiger partial charge on any atom is -0.444 e. The molecule has 37 heavy (non-hydrogen) atoms. The summed E-state index contributed by atoms with van der Waals surface area (Å²) in [6.45, 7) is 20.1. The van der Waals surface area contributed by atoms with Crippen molar-refractivity contribution in [2.45, 2.75) is 112 Å². The molecule has 0 aliphatic carbocycles. The summed E-state index contributed by atoms with van der Waals surface area (Å²) < 4.78 is 16.7. The highest BCUT2D eigenvalue weighted by Crippen LogP contribution is 2.14. The predicted molar refractivity (Wildman–Crippen MR) is 145 cm³/mol. The third-order valence-electron chi connectivity index (χ3n) is 4.95. The van der Waals surface area contributed by atoms with Crippen molar-refractivity contribution in [2.24, 2.45) is 0 Å². The van der Waals surface area contributed by atoms with E-state index in [-0.39, 0.29) is 32.8 Å². The Morgan fingerprint density at radius 2 is 0.865 bits per heavy atom. The van der Waals surface area contributed by atoms with Crippen LogP contribution in [0.5, 0.6) is 0 Å². The number of rotatable bonds is 13. The van der Waals surface area contributed by atoms with Crippen molar-refractivity contribution in [1.29, 1.82) is 0 Å². The molecule has 0 fully saturated rings. The Labute approximate surface area is 224 Å². The van der Waals surface area contributed by atoms with Crippen molar-refractivity contribution in [2.75, 3.05) is 45.9 Å². The van der Waals surface area contributed by atoms with Gasteiger partial charge in [0.15, 0.2) is 0 Å². The first kappa shape index (κ1) is 34.8. The topological polar surface area (TPSA) is 109 Å². The average molecular weight is 532 g/mol. The maximum absolute atomic E-state index is 13.0. The number of likely N-dealkylation sites (N-methyl/N-ethyl adjacent to an activating group) is 1. The summed E-state index contributed by atoms with van der Waals surface area (Å²) in [5.41, 5.74) is -1.96. The second-order valence-corrected chi connectivity index (χ2v) is 12.1. The summed E-state index contributed by atoms with van der Waals surface area (Å²) in [6.07, 6.45) is 1.83. The first-order valence-corrected chi connectivity index (χ1v) is 13.4. The Morgan fingerprint density at radius 3 is 1.22 bits per heavy atom. The van der Waals surface area contributed by atoms with Gasteiger partial charge in [0.1, 0.15) is 16.8 Å². The van der Waals surface area contributed by atoms with E-state index in [1.807, 2.05) is 27.7 Å². The van der Waals surface area contributed by atoms with Gasteiger partial charge in [0, 0.05) is 45.9 Å². The summed E-state index contributed by atoms with van der Waals surface area (Å²) in [5, 5.41) is 9.00. The molecule has 0 saturated heterocycles. The molecule has 0 aromatic carbocycles. The van der Waals surface area contributed by atoms with Crippen LogP contribution < -0.4 is 0 Å². The molecule has 218 valence electrons. The van der Waals surface area contributed by atoms with Crippen LogP contribution in [0.15, 0.2) is 0 Å². The van der Waals surface area contributed by atoms with E-state index in [1.54, 1.807) is 46.4 Å². The number of carbonyl (C=O) groups is 3. The Morgan fingerprint density at radius 1 is 0.541 bits per heavy atom. The molecule has 0 unspecified atom stereocenters. The molecular formula is C27H53N3O7. The molecule has 0 saturated carbocycles. The lowest BCUT2D eigenvalue weighted by molar-refractivity contribution is 0.00866. The van der Waals surface area contributed by atoms with Crippen LogP contribution in [0.4, 0.5) is 14.4 Å². The van der Waals surface area contributed by atoms with Gasteiger partial charge in [-0.25, -0.2) is 14.4 Å². The summed E-state index contributed by atoms with van der Waals surface area (Å²) in [7, 11) is 0. The van der Waals surface area contributed by atoms with Crippen LogP contribution >= 0.6 is 0 Å². The highest BCUT2D eigenvalue weighted by atomic mass is 16.6. The lowest BCUT2D eigenvalue weighted by Crippen LogP contribution is -2.48. The van der Waals surface area contributed by atoms with Gasteiger partial charge in [0.25, 0.3) is 0 Å². The van der Waals surface area contributed by atoms with E-state index in [9.17, 15) is 14.4 Å². The molecule has 1 N–H and O–H groups in total. The van der Waals surface area contributed by atoms with Gasteiger partial charge < -0.3 is 34.0 Å². The molecule has 0 aliphatic rings. The predicted octanol–water partition coefficient (Wildman–Crippen LogP) is 5.27. The number of nitrogens with zero attached hydrogens (tertiary/aromatic N) is 3. The average Bonchev–Trinajstić information content (AvgIpc) is 2.70. The van der Waals surface area contributed by atoms with Gasteiger partial charge in [0.2, 0.25) is 0 Å². The molecule has 0 rings (SSSR count). The number of aliphatic hydroxyl groups excluding tert-OH is 1. The molecule has 0 aliphatic heterocycles. The van der Waals surface area contributed by atoms with E-state index >= 15 is 0 Å². The minimum absolute atomic E-state index is 0.151. The first-order valence-electron chi connectivity index (χ1n) is 13.4. The van der Waals surface area contributed by atoms with Gasteiger partial charge in [-0.3, -0.25) is 0 Å². The van der Waals surface area contributed by atoms with Crippen molar-refractivity contribution < 1.29 is 33.7 Å². The third-order valence-corrected chi connectivity index (χ3v) is 4.95. The standard InChI is InChI=1S/C27H53N3O7/c1-11-28(22(32)35-25(2,3)4)17-18-30(24(34)37-27(8,9)10)20-19-29(16-14-12-13-15-21-31)23(33)36-26(5,6)7/h31H,11-21H2,1-10H3. The number of unbranched alkanes of at least 4 members (excludes halogenated alkanes) is 3. The highest BCUT2D eigenvalue weighted by Gasteiger charge is 2.27. The zero-order chi connectivity index (χ0) is 28.9. The molecule has 10 nitrogen and oxygen atoms in total. The molecule has 0 heterocycles. The van der Waals surface area contributed by atoms with Crippen molar-refractivity contribution in [3.8, 4) is 0 Å². The molecule has 0 aromatic heterocycles. The van der Waals surface area contributed by atoms with E-state index in [4.69, 9.17) is 19.3 Å². The largest absolute Gasteiger partial charge is 0.444 e. The second-order valence-electron chi connectivity index (χ2n) is 12.1. The molecule has 0 atom stereocenters. The smallest absolute Gasteiger partial charge is 0.410 e. The van der Waals surface area contributed by atoms with Crippen LogP contribution in [0.1, 0.15) is 94.9 Å². The number of amides is 3. The van der Waals surface area contributed by atoms with Crippen LogP contribution in [-0.4, -0.2) is 101 Å². The van der Waals surface area contributed by atoms with Crippen molar-refractivity contribution in [3.63, 3.8) is 0 Å². The number of hydrogen-bond donors (Lipinski definition) is 1. The number of ether oxygens (including phenoxy) is 3. The van der Waals surface area contributed by atoms with Crippen molar-refractivity contribution in [1.82, 2.24) is 14.7 Å². The van der Waals surface area contributed by atoms with Gasteiger partial charge in [-0.2, -0.15) is 0 Å². The van der Waals surface area contributed by atoms with Gasteiger partial charge in [-0.05, 0) is 82.1 Å². The Kier molecular flexibility index (Phi) is 14.9. The monoisotopic (exact) mass is 531 g/mol. The first-order chi connectivity index (χ1) is 16.9. The molecule has 0 aromatic rings. The Bertz CT molecular complexity index is 694. The van der Waals surface area contributed by atoms with Gasteiger partial charge in [-0.15, -0.1) is 0 Å². The number of aliphatic hydroxyl groups is 1. The van der Waals surface area contributed by atoms with Crippen molar-refractivity contribution >= 4 is 18.3 Å². The fraction of sp³-hybridized carbons (Fsp3) is 0.889. The lowest BCUT2D eigenvalue weighted by atomic mass is 10.2. The quantitative estimate of drug-likeness (QED) is 0.255. The van der Waals surface area contributed by atoms with Crippen LogP contribution in [-0.2, 0) is 14.2 Å². The molecule has 10 heteroatoms. The summed E-state index contributed by atoms with van der Waals surface area (Å²) >= 11 is 0. The van der Waals surface area contributed by atoms with E-state index in [1.165, 1.54) is 9.80 Å². The van der Waals surface area contributed by atoms with Gasteiger partial charge >= 0.3 is 18.3 Å².